The first-order valence-corrected chi connectivity index (χ1v) is 6.22. The van der Waals surface area contributed by atoms with E-state index >= 15 is 0 Å². The van der Waals surface area contributed by atoms with Crippen molar-refractivity contribution in [3.63, 3.8) is 0 Å². The summed E-state index contributed by atoms with van der Waals surface area (Å²) in [4.78, 5) is 11.7. The van der Waals surface area contributed by atoms with E-state index in [0.717, 1.165) is 17.0 Å². The fourth-order valence-electron chi connectivity index (χ4n) is 1.78. The fraction of sp³-hybridized carbons (Fsp3) is 0.286. The van der Waals surface area contributed by atoms with Crippen molar-refractivity contribution < 1.29 is 13.9 Å². The maximum absolute atomic E-state index is 13.3. The van der Waals surface area contributed by atoms with Crippen LogP contribution in [-0.2, 0) is 11.3 Å². The van der Waals surface area contributed by atoms with Crippen molar-refractivity contribution in [2.75, 3.05) is 6.61 Å². The lowest BCUT2D eigenvalue weighted by atomic mass is 10.2. The highest BCUT2D eigenvalue weighted by Gasteiger charge is 2.09. The number of aromatic amines is 1. The van der Waals surface area contributed by atoms with Crippen molar-refractivity contribution in [3.05, 3.63) is 47.0 Å². The summed E-state index contributed by atoms with van der Waals surface area (Å²) in [5.41, 5.74) is 2.71. The molecule has 0 aliphatic carbocycles. The van der Waals surface area contributed by atoms with Crippen molar-refractivity contribution in [3.8, 4) is 5.75 Å². The van der Waals surface area contributed by atoms with Crippen molar-refractivity contribution >= 4 is 5.91 Å². The summed E-state index contributed by atoms with van der Waals surface area (Å²) in [7, 11) is 0. The number of halogens is 1. The first-order chi connectivity index (χ1) is 9.58. The summed E-state index contributed by atoms with van der Waals surface area (Å²) in [6.07, 6.45) is 0. The van der Waals surface area contributed by atoms with Gasteiger partial charge >= 0.3 is 0 Å². The van der Waals surface area contributed by atoms with Gasteiger partial charge in [0, 0.05) is 17.8 Å². The highest BCUT2D eigenvalue weighted by molar-refractivity contribution is 5.77. The fourth-order valence-corrected chi connectivity index (χ4v) is 1.78. The average Bonchev–Trinajstić information content (AvgIpc) is 2.75. The molecule has 1 amide bonds. The standard InChI is InChI=1S/C14H16FN3O2/c1-9-11(10(2)18-17-9)7-16-14(19)8-20-13-6-4-3-5-12(13)15/h3-6H,7-8H2,1-2H3,(H,16,19)(H,17,18). The Morgan fingerprint density at radius 1 is 1.40 bits per heavy atom. The molecule has 0 aliphatic heterocycles. The Labute approximate surface area is 116 Å². The summed E-state index contributed by atoms with van der Waals surface area (Å²) >= 11 is 0. The summed E-state index contributed by atoms with van der Waals surface area (Å²) in [6.45, 7) is 3.89. The van der Waals surface area contributed by atoms with E-state index in [2.05, 4.69) is 15.5 Å². The molecule has 0 saturated carbocycles. The van der Waals surface area contributed by atoms with E-state index in [1.165, 1.54) is 12.1 Å². The maximum atomic E-state index is 13.3. The number of benzene rings is 1. The van der Waals surface area contributed by atoms with Crippen molar-refractivity contribution in [2.45, 2.75) is 20.4 Å². The summed E-state index contributed by atoms with van der Waals surface area (Å²) in [5, 5.41) is 9.60. The third-order valence-corrected chi connectivity index (χ3v) is 2.94. The number of aryl methyl sites for hydroxylation is 2. The minimum Gasteiger partial charge on any atom is -0.481 e. The molecule has 20 heavy (non-hydrogen) atoms. The number of amides is 1. The Kier molecular flexibility index (Phi) is 4.34. The number of nitrogens with zero attached hydrogens (tertiary/aromatic N) is 1. The third kappa shape index (κ3) is 3.34. The minimum absolute atomic E-state index is 0.0679. The van der Waals surface area contributed by atoms with Crippen LogP contribution in [0.2, 0.25) is 0 Å². The van der Waals surface area contributed by atoms with E-state index in [9.17, 15) is 9.18 Å². The molecule has 0 aliphatic rings. The van der Waals surface area contributed by atoms with E-state index < -0.39 is 5.82 Å². The zero-order valence-electron chi connectivity index (χ0n) is 11.4. The number of para-hydroxylation sites is 1. The Morgan fingerprint density at radius 3 is 2.80 bits per heavy atom. The maximum Gasteiger partial charge on any atom is 0.258 e. The quantitative estimate of drug-likeness (QED) is 0.876. The second-order valence-corrected chi connectivity index (χ2v) is 4.41. The average molecular weight is 277 g/mol. The van der Waals surface area contributed by atoms with E-state index in [-0.39, 0.29) is 18.3 Å². The predicted octanol–water partition coefficient (Wildman–Crippen LogP) is 1.86. The third-order valence-electron chi connectivity index (χ3n) is 2.94. The molecule has 2 rings (SSSR count). The molecule has 0 unspecified atom stereocenters. The van der Waals surface area contributed by atoms with Gasteiger partial charge in [-0.15, -0.1) is 0 Å². The zero-order chi connectivity index (χ0) is 14.5. The number of hydrogen-bond donors (Lipinski definition) is 2. The van der Waals surface area contributed by atoms with E-state index in [0.29, 0.717) is 6.54 Å². The number of aromatic nitrogens is 2. The molecule has 2 aromatic rings. The van der Waals surface area contributed by atoms with Crippen LogP contribution >= 0.6 is 0 Å². The van der Waals surface area contributed by atoms with Crippen LogP contribution in [0.15, 0.2) is 24.3 Å². The van der Waals surface area contributed by atoms with Gasteiger partial charge in [-0.25, -0.2) is 4.39 Å². The van der Waals surface area contributed by atoms with Crippen LogP contribution in [0.5, 0.6) is 5.75 Å². The molecule has 0 bridgehead atoms. The smallest absolute Gasteiger partial charge is 0.258 e. The van der Waals surface area contributed by atoms with Gasteiger partial charge in [0.1, 0.15) is 0 Å². The lowest BCUT2D eigenvalue weighted by Crippen LogP contribution is -2.28. The number of rotatable bonds is 5. The van der Waals surface area contributed by atoms with Gasteiger partial charge in [-0.2, -0.15) is 5.10 Å². The van der Waals surface area contributed by atoms with Crippen LogP contribution in [0.1, 0.15) is 17.0 Å². The molecule has 1 aromatic heterocycles. The lowest BCUT2D eigenvalue weighted by Gasteiger charge is -2.08. The molecule has 0 fully saturated rings. The zero-order valence-corrected chi connectivity index (χ0v) is 11.4. The lowest BCUT2D eigenvalue weighted by molar-refractivity contribution is -0.123. The van der Waals surface area contributed by atoms with Gasteiger partial charge in [0.2, 0.25) is 0 Å². The molecular formula is C14H16FN3O2. The van der Waals surface area contributed by atoms with Gasteiger partial charge < -0.3 is 10.1 Å². The molecule has 0 saturated heterocycles. The van der Waals surface area contributed by atoms with Crippen LogP contribution < -0.4 is 10.1 Å². The van der Waals surface area contributed by atoms with Crippen molar-refractivity contribution in [1.29, 1.82) is 0 Å². The second-order valence-electron chi connectivity index (χ2n) is 4.41. The van der Waals surface area contributed by atoms with Gasteiger partial charge in [0.15, 0.2) is 18.2 Å². The van der Waals surface area contributed by atoms with Gasteiger partial charge in [-0.05, 0) is 26.0 Å². The van der Waals surface area contributed by atoms with Crippen LogP contribution in [0.25, 0.3) is 0 Å². The van der Waals surface area contributed by atoms with Gasteiger partial charge in [0.25, 0.3) is 5.91 Å². The van der Waals surface area contributed by atoms with Crippen LogP contribution in [0.4, 0.5) is 4.39 Å². The first kappa shape index (κ1) is 14.0. The summed E-state index contributed by atoms with van der Waals surface area (Å²) in [5.74, 6) is -0.728. The number of ether oxygens (including phenoxy) is 1. The Hall–Kier alpha value is -2.37. The largest absolute Gasteiger partial charge is 0.481 e. The molecule has 0 radical (unpaired) electrons. The molecule has 2 N–H and O–H groups in total. The second kappa shape index (κ2) is 6.18. The Bertz CT molecular complexity index is 591. The van der Waals surface area contributed by atoms with E-state index in [1.807, 2.05) is 13.8 Å². The predicted molar refractivity (Wildman–Crippen MR) is 71.8 cm³/mol. The number of nitrogens with one attached hydrogen (secondary N) is 2. The SMILES string of the molecule is Cc1n[nH]c(C)c1CNC(=O)COc1ccccc1F. The van der Waals surface area contributed by atoms with E-state index in [1.54, 1.807) is 12.1 Å². The highest BCUT2D eigenvalue weighted by Crippen LogP contribution is 2.15. The molecule has 6 heteroatoms. The number of H-pyrrole nitrogens is 1. The molecule has 1 heterocycles. The molecule has 0 spiro atoms. The van der Waals surface area contributed by atoms with Crippen molar-refractivity contribution in [2.24, 2.45) is 0 Å². The van der Waals surface area contributed by atoms with Crippen molar-refractivity contribution in [1.82, 2.24) is 15.5 Å². The number of carbonyl (C=O) groups excluding carboxylic acids is 1. The van der Waals surface area contributed by atoms with Crippen LogP contribution in [0.3, 0.4) is 0 Å². The number of hydrogen-bond acceptors (Lipinski definition) is 3. The molecule has 0 atom stereocenters. The normalized spacial score (nSPS) is 10.3. The van der Waals surface area contributed by atoms with Gasteiger partial charge in [-0.3, -0.25) is 9.89 Å². The minimum atomic E-state index is -0.484. The highest BCUT2D eigenvalue weighted by atomic mass is 19.1. The summed E-state index contributed by atoms with van der Waals surface area (Å²) < 4.78 is 18.4. The Morgan fingerprint density at radius 2 is 2.15 bits per heavy atom. The van der Waals surface area contributed by atoms with Gasteiger partial charge in [-0.1, -0.05) is 12.1 Å². The van der Waals surface area contributed by atoms with E-state index in [4.69, 9.17) is 4.74 Å². The number of carbonyl (C=O) groups is 1. The molecule has 5 nitrogen and oxygen atoms in total. The Balaban J connectivity index is 1.83. The monoisotopic (exact) mass is 277 g/mol. The molecule has 106 valence electrons. The van der Waals surface area contributed by atoms with Crippen LogP contribution in [0, 0.1) is 19.7 Å². The molecule has 1 aromatic carbocycles. The molecular weight excluding hydrogens is 261 g/mol. The topological polar surface area (TPSA) is 67.0 Å². The first-order valence-electron chi connectivity index (χ1n) is 6.22. The van der Waals surface area contributed by atoms with Gasteiger partial charge in [0.05, 0.1) is 5.69 Å². The summed E-state index contributed by atoms with van der Waals surface area (Å²) in [6, 6.07) is 5.97. The van der Waals surface area contributed by atoms with Crippen LogP contribution in [-0.4, -0.2) is 22.7 Å².